The minimum absolute atomic E-state index is 0.00157. The molecule has 1 atom stereocenters. The van der Waals surface area contributed by atoms with Crippen molar-refractivity contribution in [1.82, 2.24) is 0 Å². The summed E-state index contributed by atoms with van der Waals surface area (Å²) in [7, 11) is -3.46. The van der Waals surface area contributed by atoms with Crippen LogP contribution in [0.25, 0.3) is 0 Å². The van der Waals surface area contributed by atoms with E-state index in [1.165, 1.54) is 18.2 Å². The molecular weight excluding hydrogens is 292 g/mol. The highest BCUT2D eigenvalue weighted by atomic mass is 32.2. The van der Waals surface area contributed by atoms with Crippen LogP contribution in [0.1, 0.15) is 41.6 Å². The van der Waals surface area contributed by atoms with Crippen molar-refractivity contribution >= 4 is 15.8 Å². The van der Waals surface area contributed by atoms with Gasteiger partial charge in [0.05, 0.1) is 22.3 Å². The lowest BCUT2D eigenvalue weighted by Gasteiger charge is -2.11. The number of hydrogen-bond acceptors (Lipinski definition) is 4. The van der Waals surface area contributed by atoms with Gasteiger partial charge >= 0.3 is 5.97 Å². The number of aromatic carboxylic acids is 1. The molecule has 0 aromatic heterocycles. The predicted octanol–water partition coefficient (Wildman–Crippen LogP) is 2.43. The summed E-state index contributed by atoms with van der Waals surface area (Å²) in [6.07, 6.45) is 3.47. The van der Waals surface area contributed by atoms with Crippen LogP contribution in [0, 0.1) is 6.92 Å². The quantitative estimate of drug-likeness (QED) is 0.872. The average Bonchev–Trinajstić information content (AvgIpc) is 2.91. The van der Waals surface area contributed by atoms with Crippen molar-refractivity contribution in [3.63, 3.8) is 0 Å². The van der Waals surface area contributed by atoms with E-state index in [4.69, 9.17) is 9.84 Å². The molecule has 116 valence electrons. The number of sulfone groups is 1. The Morgan fingerprint density at radius 2 is 2.19 bits per heavy atom. The van der Waals surface area contributed by atoms with Gasteiger partial charge in [-0.1, -0.05) is 6.07 Å². The van der Waals surface area contributed by atoms with Gasteiger partial charge in [-0.3, -0.25) is 0 Å². The molecule has 21 heavy (non-hydrogen) atoms. The molecule has 1 aromatic rings. The van der Waals surface area contributed by atoms with Gasteiger partial charge in [-0.25, -0.2) is 13.2 Å². The Morgan fingerprint density at radius 3 is 2.81 bits per heavy atom. The Bertz CT molecular complexity index is 615. The lowest BCUT2D eigenvalue weighted by molar-refractivity contribution is 0.0696. The van der Waals surface area contributed by atoms with Crippen molar-refractivity contribution in [3.05, 3.63) is 29.3 Å². The number of carboxylic acid groups (broad SMARTS) is 1. The van der Waals surface area contributed by atoms with Gasteiger partial charge in [0.25, 0.3) is 0 Å². The first kappa shape index (κ1) is 16.0. The van der Waals surface area contributed by atoms with E-state index in [9.17, 15) is 13.2 Å². The molecule has 0 spiro atoms. The Balaban J connectivity index is 2.07. The van der Waals surface area contributed by atoms with Crippen molar-refractivity contribution in [3.8, 4) is 0 Å². The molecule has 1 unspecified atom stereocenters. The molecule has 1 saturated heterocycles. The second kappa shape index (κ2) is 6.58. The summed E-state index contributed by atoms with van der Waals surface area (Å²) in [4.78, 5) is 11.1. The minimum Gasteiger partial charge on any atom is -0.478 e. The van der Waals surface area contributed by atoms with Crippen molar-refractivity contribution in [2.24, 2.45) is 0 Å². The number of benzene rings is 1. The molecule has 2 rings (SSSR count). The fourth-order valence-corrected chi connectivity index (χ4v) is 4.18. The van der Waals surface area contributed by atoms with E-state index in [1.807, 2.05) is 0 Å². The van der Waals surface area contributed by atoms with E-state index in [1.54, 1.807) is 6.92 Å². The smallest absolute Gasteiger partial charge is 0.335 e. The Morgan fingerprint density at radius 1 is 1.43 bits per heavy atom. The number of rotatable bonds is 6. The molecule has 5 nitrogen and oxygen atoms in total. The van der Waals surface area contributed by atoms with Gasteiger partial charge in [0.1, 0.15) is 0 Å². The molecule has 1 N–H and O–H groups in total. The summed E-state index contributed by atoms with van der Waals surface area (Å²) in [5, 5.41) is 8.97. The summed E-state index contributed by atoms with van der Waals surface area (Å²) < 4.78 is 30.2. The topological polar surface area (TPSA) is 80.7 Å². The van der Waals surface area contributed by atoms with Crippen molar-refractivity contribution in [1.29, 1.82) is 0 Å². The molecule has 0 amide bonds. The van der Waals surface area contributed by atoms with Crippen LogP contribution in [0.5, 0.6) is 0 Å². The van der Waals surface area contributed by atoms with E-state index in [-0.39, 0.29) is 22.3 Å². The van der Waals surface area contributed by atoms with Crippen LogP contribution in [0.4, 0.5) is 0 Å². The maximum atomic E-state index is 12.4. The van der Waals surface area contributed by atoms with E-state index in [0.717, 1.165) is 25.9 Å². The third-order valence-electron chi connectivity index (χ3n) is 3.73. The molecule has 1 aromatic carbocycles. The number of aryl methyl sites for hydroxylation is 1. The highest BCUT2D eigenvalue weighted by Gasteiger charge is 2.21. The summed E-state index contributed by atoms with van der Waals surface area (Å²) in [5.41, 5.74) is 0.579. The molecule has 6 heteroatoms. The normalized spacial score (nSPS) is 18.8. The monoisotopic (exact) mass is 312 g/mol. The molecule has 0 bridgehead atoms. The van der Waals surface area contributed by atoms with Crippen LogP contribution in [0.2, 0.25) is 0 Å². The van der Waals surface area contributed by atoms with Gasteiger partial charge < -0.3 is 9.84 Å². The van der Waals surface area contributed by atoms with E-state index in [0.29, 0.717) is 12.0 Å². The van der Waals surface area contributed by atoms with Crippen LogP contribution in [0.3, 0.4) is 0 Å². The number of carbonyl (C=O) groups is 1. The van der Waals surface area contributed by atoms with E-state index < -0.39 is 15.8 Å². The maximum absolute atomic E-state index is 12.4. The van der Waals surface area contributed by atoms with E-state index >= 15 is 0 Å². The summed E-state index contributed by atoms with van der Waals surface area (Å²) in [5.74, 6) is -1.10. The fraction of sp³-hybridized carbons (Fsp3) is 0.533. The van der Waals surface area contributed by atoms with Crippen LogP contribution in [-0.2, 0) is 14.6 Å². The maximum Gasteiger partial charge on any atom is 0.335 e. The molecule has 1 aliphatic rings. The second-order valence-corrected chi connectivity index (χ2v) is 7.46. The first-order valence-electron chi connectivity index (χ1n) is 7.08. The summed E-state index contributed by atoms with van der Waals surface area (Å²) in [6, 6.07) is 4.21. The average molecular weight is 312 g/mol. The molecule has 1 aliphatic heterocycles. The van der Waals surface area contributed by atoms with Crippen molar-refractivity contribution < 1.29 is 23.1 Å². The zero-order valence-electron chi connectivity index (χ0n) is 12.0. The highest BCUT2D eigenvalue weighted by molar-refractivity contribution is 7.91. The minimum atomic E-state index is -3.46. The van der Waals surface area contributed by atoms with Crippen LogP contribution >= 0.6 is 0 Å². The third kappa shape index (κ3) is 4.04. The molecule has 0 aliphatic carbocycles. The van der Waals surface area contributed by atoms with Gasteiger partial charge in [-0.2, -0.15) is 0 Å². The zero-order valence-corrected chi connectivity index (χ0v) is 12.9. The van der Waals surface area contributed by atoms with Crippen molar-refractivity contribution in [2.45, 2.75) is 43.6 Å². The lowest BCUT2D eigenvalue weighted by atomic mass is 10.1. The molecule has 0 saturated carbocycles. The highest BCUT2D eigenvalue weighted by Crippen LogP contribution is 2.22. The Labute approximate surface area is 124 Å². The Hall–Kier alpha value is -1.40. The van der Waals surface area contributed by atoms with Gasteiger partial charge in [-0.15, -0.1) is 0 Å². The van der Waals surface area contributed by atoms with Gasteiger partial charge in [0, 0.05) is 6.61 Å². The number of ether oxygens (including phenoxy) is 1. The fourth-order valence-electron chi connectivity index (χ4n) is 2.55. The van der Waals surface area contributed by atoms with Gasteiger partial charge in [-0.05, 0) is 50.3 Å². The second-order valence-electron chi connectivity index (χ2n) is 5.38. The molecule has 0 radical (unpaired) electrons. The first-order valence-corrected chi connectivity index (χ1v) is 8.74. The largest absolute Gasteiger partial charge is 0.478 e. The first-order chi connectivity index (χ1) is 9.90. The van der Waals surface area contributed by atoms with Crippen LogP contribution in [0.15, 0.2) is 23.1 Å². The molecule has 1 heterocycles. The summed E-state index contributed by atoms with van der Waals surface area (Å²) in [6.45, 7) is 2.44. The van der Waals surface area contributed by atoms with E-state index in [2.05, 4.69) is 0 Å². The summed E-state index contributed by atoms with van der Waals surface area (Å²) >= 11 is 0. The van der Waals surface area contributed by atoms with Gasteiger partial charge in [0.2, 0.25) is 0 Å². The standard InChI is InChI=1S/C15H20O5S/c1-11-6-7-12(15(16)17)10-14(11)21(18,19)9-3-5-13-4-2-8-20-13/h6-7,10,13H,2-5,8-9H2,1H3,(H,16,17). The SMILES string of the molecule is Cc1ccc(C(=O)O)cc1S(=O)(=O)CCCC1CCCO1. The van der Waals surface area contributed by atoms with Crippen LogP contribution in [-0.4, -0.2) is 38.0 Å². The number of hydrogen-bond donors (Lipinski definition) is 1. The number of carboxylic acids is 1. The lowest BCUT2D eigenvalue weighted by Crippen LogP contribution is -2.13. The van der Waals surface area contributed by atoms with Gasteiger partial charge in [0.15, 0.2) is 9.84 Å². The predicted molar refractivity (Wildman–Crippen MR) is 78.4 cm³/mol. The van der Waals surface area contributed by atoms with Crippen LogP contribution < -0.4 is 0 Å². The molecular formula is C15H20O5S. The Kier molecular flexibility index (Phi) is 5.00. The van der Waals surface area contributed by atoms with Crippen molar-refractivity contribution in [2.75, 3.05) is 12.4 Å². The molecule has 1 fully saturated rings. The third-order valence-corrected chi connectivity index (χ3v) is 5.67. The zero-order chi connectivity index (χ0) is 15.5.